The molecule has 128 valence electrons. The Kier molecular flexibility index (Phi) is 4.01. The van der Waals surface area contributed by atoms with E-state index < -0.39 is 0 Å². The molecule has 6 heteroatoms. The number of carbonyl (C=O) groups excluding carboxylic acids is 1. The third-order valence-electron chi connectivity index (χ3n) is 4.64. The number of nitrogens with two attached hydrogens (primary N) is 1. The summed E-state index contributed by atoms with van der Waals surface area (Å²) < 4.78 is 5.81. The highest BCUT2D eigenvalue weighted by Crippen LogP contribution is 2.27. The molecule has 0 atom stereocenters. The van der Waals surface area contributed by atoms with Gasteiger partial charge in [0.2, 0.25) is 5.91 Å². The van der Waals surface area contributed by atoms with Crippen LogP contribution in [0.3, 0.4) is 0 Å². The lowest BCUT2D eigenvalue weighted by atomic mass is 9.96. The van der Waals surface area contributed by atoms with E-state index in [1.807, 2.05) is 42.5 Å². The minimum absolute atomic E-state index is 0.0233. The highest BCUT2D eigenvalue weighted by atomic mass is 16.4. The number of aromatic nitrogens is 1. The molecule has 4 rings (SSSR count). The van der Waals surface area contributed by atoms with Crippen molar-refractivity contribution in [3.8, 4) is 0 Å². The molecule has 1 fully saturated rings. The van der Waals surface area contributed by atoms with Crippen LogP contribution in [0, 0.1) is 5.92 Å². The van der Waals surface area contributed by atoms with Gasteiger partial charge in [-0.2, -0.15) is 4.98 Å². The summed E-state index contributed by atoms with van der Waals surface area (Å²) in [6.07, 6.45) is 1.52. The van der Waals surface area contributed by atoms with Crippen molar-refractivity contribution in [3.05, 3.63) is 48.5 Å². The molecular formula is C19H20N4O2. The number of carbonyl (C=O) groups is 1. The number of benzene rings is 2. The van der Waals surface area contributed by atoms with Crippen molar-refractivity contribution in [2.75, 3.05) is 29.0 Å². The highest BCUT2D eigenvalue weighted by Gasteiger charge is 2.27. The molecule has 1 amide bonds. The maximum Gasteiger partial charge on any atom is 0.298 e. The van der Waals surface area contributed by atoms with Crippen molar-refractivity contribution in [2.45, 2.75) is 12.8 Å². The second kappa shape index (κ2) is 6.47. The summed E-state index contributed by atoms with van der Waals surface area (Å²) in [7, 11) is 0. The van der Waals surface area contributed by atoms with E-state index in [9.17, 15) is 4.79 Å². The SMILES string of the molecule is Nc1ccccc1NC(=O)C1CCN(c2nc3ccccc3o2)CC1. The third kappa shape index (κ3) is 3.15. The Hall–Kier alpha value is -3.02. The fourth-order valence-electron chi connectivity index (χ4n) is 3.17. The Labute approximate surface area is 145 Å². The van der Waals surface area contributed by atoms with Crippen LogP contribution in [0.2, 0.25) is 0 Å². The predicted octanol–water partition coefficient (Wildman–Crippen LogP) is 3.27. The molecule has 0 aliphatic carbocycles. The van der Waals surface area contributed by atoms with Crippen LogP contribution < -0.4 is 16.0 Å². The summed E-state index contributed by atoms with van der Waals surface area (Å²) in [6.45, 7) is 1.49. The first-order valence-electron chi connectivity index (χ1n) is 8.46. The van der Waals surface area contributed by atoms with Crippen LogP contribution >= 0.6 is 0 Å². The molecule has 0 saturated carbocycles. The molecule has 6 nitrogen and oxygen atoms in total. The first-order chi connectivity index (χ1) is 12.2. The molecule has 0 radical (unpaired) electrons. The Morgan fingerprint density at radius 2 is 1.84 bits per heavy atom. The summed E-state index contributed by atoms with van der Waals surface area (Å²) in [4.78, 5) is 19.1. The van der Waals surface area contributed by atoms with E-state index in [0.717, 1.165) is 37.0 Å². The maximum absolute atomic E-state index is 12.5. The molecule has 1 saturated heterocycles. The first kappa shape index (κ1) is 15.5. The topological polar surface area (TPSA) is 84.4 Å². The first-order valence-corrected chi connectivity index (χ1v) is 8.46. The number of nitrogens with zero attached hydrogens (tertiary/aromatic N) is 2. The minimum atomic E-state index is -0.0276. The lowest BCUT2D eigenvalue weighted by molar-refractivity contribution is -0.120. The molecule has 25 heavy (non-hydrogen) atoms. The maximum atomic E-state index is 12.5. The second-order valence-corrected chi connectivity index (χ2v) is 6.30. The lowest BCUT2D eigenvalue weighted by Crippen LogP contribution is -2.38. The number of fused-ring (bicyclic) bond motifs is 1. The summed E-state index contributed by atoms with van der Waals surface area (Å²) >= 11 is 0. The normalized spacial score (nSPS) is 15.4. The summed E-state index contributed by atoms with van der Waals surface area (Å²) in [5.74, 6) is -0.00431. The highest BCUT2D eigenvalue weighted by molar-refractivity contribution is 5.95. The average molecular weight is 336 g/mol. The van der Waals surface area contributed by atoms with Gasteiger partial charge in [0.1, 0.15) is 5.52 Å². The number of nitrogen functional groups attached to an aromatic ring is 1. The van der Waals surface area contributed by atoms with Gasteiger partial charge in [-0.05, 0) is 37.1 Å². The van der Waals surface area contributed by atoms with E-state index in [-0.39, 0.29) is 11.8 Å². The van der Waals surface area contributed by atoms with E-state index in [0.29, 0.717) is 17.4 Å². The number of amides is 1. The number of rotatable bonds is 3. The number of oxazole rings is 1. The van der Waals surface area contributed by atoms with Gasteiger partial charge in [0.25, 0.3) is 6.01 Å². The molecule has 1 aliphatic heterocycles. The Morgan fingerprint density at radius 3 is 2.60 bits per heavy atom. The van der Waals surface area contributed by atoms with E-state index >= 15 is 0 Å². The van der Waals surface area contributed by atoms with Crippen molar-refractivity contribution in [1.82, 2.24) is 4.98 Å². The zero-order valence-electron chi connectivity index (χ0n) is 13.8. The standard InChI is InChI=1S/C19H20N4O2/c20-14-5-1-2-6-15(14)21-18(24)13-9-11-23(12-10-13)19-22-16-7-3-4-8-17(16)25-19/h1-8,13H,9-12,20H2,(H,21,24). The predicted molar refractivity (Wildman–Crippen MR) is 98.4 cm³/mol. The molecule has 1 aromatic heterocycles. The van der Waals surface area contributed by atoms with Gasteiger partial charge >= 0.3 is 0 Å². The summed E-state index contributed by atoms with van der Waals surface area (Å²) in [5, 5.41) is 2.93. The smallest absolute Gasteiger partial charge is 0.298 e. The van der Waals surface area contributed by atoms with Gasteiger partial charge in [0.15, 0.2) is 5.58 Å². The van der Waals surface area contributed by atoms with Crippen LogP contribution in [-0.4, -0.2) is 24.0 Å². The number of anilines is 3. The van der Waals surface area contributed by atoms with Gasteiger partial charge in [-0.15, -0.1) is 0 Å². The van der Waals surface area contributed by atoms with Crippen molar-refractivity contribution in [2.24, 2.45) is 5.92 Å². The number of nitrogens with one attached hydrogen (secondary N) is 1. The van der Waals surface area contributed by atoms with Gasteiger partial charge in [-0.25, -0.2) is 0 Å². The van der Waals surface area contributed by atoms with Gasteiger partial charge in [-0.3, -0.25) is 4.79 Å². The third-order valence-corrected chi connectivity index (χ3v) is 4.64. The average Bonchev–Trinajstić information content (AvgIpc) is 3.08. The Bertz CT molecular complexity index is 864. The number of hydrogen-bond donors (Lipinski definition) is 2. The molecule has 1 aliphatic rings. The van der Waals surface area contributed by atoms with Crippen LogP contribution in [0.5, 0.6) is 0 Å². The van der Waals surface area contributed by atoms with Gasteiger partial charge in [0.05, 0.1) is 11.4 Å². The minimum Gasteiger partial charge on any atom is -0.423 e. The molecule has 0 bridgehead atoms. The van der Waals surface area contributed by atoms with E-state index in [1.54, 1.807) is 6.07 Å². The quantitative estimate of drug-likeness (QED) is 0.717. The number of para-hydroxylation sites is 4. The van der Waals surface area contributed by atoms with E-state index in [1.165, 1.54) is 0 Å². The number of piperidine rings is 1. The molecule has 0 unspecified atom stereocenters. The van der Waals surface area contributed by atoms with Crippen molar-refractivity contribution >= 4 is 34.4 Å². The summed E-state index contributed by atoms with van der Waals surface area (Å²) in [5.41, 5.74) is 8.79. The molecule has 2 aromatic carbocycles. The lowest BCUT2D eigenvalue weighted by Gasteiger charge is -2.30. The van der Waals surface area contributed by atoms with Crippen molar-refractivity contribution in [1.29, 1.82) is 0 Å². The van der Waals surface area contributed by atoms with E-state index in [2.05, 4.69) is 15.2 Å². The van der Waals surface area contributed by atoms with Crippen LogP contribution in [0.4, 0.5) is 17.4 Å². The van der Waals surface area contributed by atoms with Crippen molar-refractivity contribution in [3.63, 3.8) is 0 Å². The zero-order chi connectivity index (χ0) is 17.2. The fourth-order valence-corrected chi connectivity index (χ4v) is 3.17. The Balaban J connectivity index is 1.39. The van der Waals surface area contributed by atoms with Crippen LogP contribution in [0.15, 0.2) is 52.9 Å². The monoisotopic (exact) mass is 336 g/mol. The molecule has 3 aromatic rings. The summed E-state index contributed by atoms with van der Waals surface area (Å²) in [6, 6.07) is 15.7. The number of hydrogen-bond acceptors (Lipinski definition) is 5. The fraction of sp³-hybridized carbons (Fsp3) is 0.263. The Morgan fingerprint density at radius 1 is 1.12 bits per heavy atom. The molecule has 3 N–H and O–H groups in total. The largest absolute Gasteiger partial charge is 0.423 e. The van der Waals surface area contributed by atoms with Gasteiger partial charge in [0, 0.05) is 19.0 Å². The van der Waals surface area contributed by atoms with E-state index in [4.69, 9.17) is 10.2 Å². The molecule has 0 spiro atoms. The van der Waals surface area contributed by atoms with Gasteiger partial charge in [-0.1, -0.05) is 24.3 Å². The zero-order valence-corrected chi connectivity index (χ0v) is 13.8. The van der Waals surface area contributed by atoms with Crippen LogP contribution in [0.25, 0.3) is 11.1 Å². The molecular weight excluding hydrogens is 316 g/mol. The molecule has 2 heterocycles. The van der Waals surface area contributed by atoms with Crippen molar-refractivity contribution < 1.29 is 9.21 Å². The van der Waals surface area contributed by atoms with Crippen LogP contribution in [-0.2, 0) is 4.79 Å². The van der Waals surface area contributed by atoms with Gasteiger partial charge < -0.3 is 20.4 Å². The van der Waals surface area contributed by atoms with Crippen LogP contribution in [0.1, 0.15) is 12.8 Å². The second-order valence-electron chi connectivity index (χ2n) is 6.30.